The number of ketones is 3. The van der Waals surface area contributed by atoms with E-state index in [1.807, 2.05) is 6.92 Å². The summed E-state index contributed by atoms with van der Waals surface area (Å²) in [6.45, 7) is 5.04. The van der Waals surface area contributed by atoms with Gasteiger partial charge in [0.05, 0.1) is 43.3 Å². The zero-order valence-electron chi connectivity index (χ0n) is 74.1. The number of Topliss-reactive ketones (excluding diaryl/α,β-unsaturated/α-hetero) is 3. The van der Waals surface area contributed by atoms with Gasteiger partial charge in [-0.3, -0.25) is 76.7 Å². The van der Waals surface area contributed by atoms with Crippen molar-refractivity contribution in [3.05, 3.63) is 203 Å². The molecule has 0 radical (unpaired) electrons. The molecule has 0 aliphatic carbocycles. The number of likely N-dealkylation sites (N-methyl/N-ethyl adjacent to an activating group) is 5. The molecule has 690 valence electrons. The van der Waals surface area contributed by atoms with Crippen molar-refractivity contribution in [3.8, 4) is 11.5 Å². The Balaban J connectivity index is 1.21. The van der Waals surface area contributed by atoms with Gasteiger partial charge in [-0.05, 0) is 89.4 Å². The van der Waals surface area contributed by atoms with Crippen molar-refractivity contribution in [2.45, 2.75) is 184 Å². The number of primary amides is 1. The van der Waals surface area contributed by atoms with Crippen LogP contribution < -0.4 is 37.6 Å². The summed E-state index contributed by atoms with van der Waals surface area (Å²) in [6, 6.07) is 30.7. The number of nitrogens with zero attached hydrogens (tertiary/aromatic N) is 5. The van der Waals surface area contributed by atoms with Crippen molar-refractivity contribution in [2.75, 3.05) is 59.8 Å². The summed E-state index contributed by atoms with van der Waals surface area (Å²) in [5, 5.41) is 59.8. The molecular weight excluding hydrogens is 1680 g/mol. The maximum absolute atomic E-state index is 15.5. The Hall–Kier alpha value is -13.1. The van der Waals surface area contributed by atoms with Crippen LogP contribution >= 0.6 is 11.8 Å². The molecule has 0 unspecified atom stereocenters. The minimum Gasteiger partial charge on any atom is -0.508 e. The third kappa shape index (κ3) is 30.8. The average molecular weight is 1800 g/mol. The van der Waals surface area contributed by atoms with Gasteiger partial charge in [0.2, 0.25) is 70.9 Å². The number of carbonyl (C=O) groups is 16. The van der Waals surface area contributed by atoms with E-state index in [1.165, 1.54) is 100 Å². The quantitative estimate of drug-likeness (QED) is 0.0397. The number of carbonyl (C=O) groups excluding carboxylic acids is 15. The van der Waals surface area contributed by atoms with E-state index in [4.69, 9.17) is 5.73 Å². The van der Waals surface area contributed by atoms with Crippen molar-refractivity contribution in [3.63, 3.8) is 0 Å². The predicted molar refractivity (Wildman–Crippen MR) is 482 cm³/mol. The molecule has 129 heavy (non-hydrogen) atoms. The van der Waals surface area contributed by atoms with E-state index >= 15 is 38.4 Å². The molecule has 6 aromatic carbocycles. The topological polar surface area (TPSA) is 484 Å². The first-order valence-electron chi connectivity index (χ1n) is 43.0. The summed E-state index contributed by atoms with van der Waals surface area (Å²) in [6.07, 6.45) is -4.06. The number of aromatic amines is 1. The normalized spacial score (nSPS) is 22.3. The fourth-order valence-corrected chi connectivity index (χ4v) is 16.4. The number of phenols is 2. The number of nitrogens with one attached hydrogen (secondary N) is 7. The van der Waals surface area contributed by atoms with Gasteiger partial charge in [-0.2, -0.15) is 0 Å². The lowest BCUT2D eigenvalue weighted by Crippen LogP contribution is -2.59. The molecule has 12 atom stereocenters. The van der Waals surface area contributed by atoms with Crippen LogP contribution in [0, 0.1) is 17.8 Å². The zero-order chi connectivity index (χ0) is 94.3. The number of rotatable bonds is 24. The lowest BCUT2D eigenvalue weighted by atomic mass is 9.85. The largest absolute Gasteiger partial charge is 0.508 e. The lowest BCUT2D eigenvalue weighted by molar-refractivity contribution is -0.151. The average Bonchev–Trinajstić information content (AvgIpc) is 1.50. The molecule has 0 bridgehead atoms. The van der Waals surface area contributed by atoms with Crippen LogP contribution in [-0.2, 0) is 115 Å². The Morgan fingerprint density at radius 2 is 0.953 bits per heavy atom. The van der Waals surface area contributed by atoms with Crippen LogP contribution in [0.2, 0.25) is 0 Å². The summed E-state index contributed by atoms with van der Waals surface area (Å²) in [7, 11) is 6.51. The number of hydrogen-bond donors (Lipinski definition) is 12. The van der Waals surface area contributed by atoms with Crippen molar-refractivity contribution >= 4 is 117 Å². The summed E-state index contributed by atoms with van der Waals surface area (Å²) < 4.78 is 0. The summed E-state index contributed by atoms with van der Waals surface area (Å²) in [4.78, 5) is 244. The molecule has 13 N–H and O–H groups in total. The maximum Gasteiger partial charge on any atom is 0.304 e. The van der Waals surface area contributed by atoms with Gasteiger partial charge in [-0.1, -0.05) is 167 Å². The van der Waals surface area contributed by atoms with Gasteiger partial charge in [0, 0.05) is 128 Å². The van der Waals surface area contributed by atoms with Gasteiger partial charge >= 0.3 is 5.97 Å². The zero-order valence-corrected chi connectivity index (χ0v) is 75.0. The highest BCUT2D eigenvalue weighted by Crippen LogP contribution is 2.27. The molecule has 1 aliphatic rings. The number of aliphatic hydroxyl groups is 1. The Kier molecular flexibility index (Phi) is 38.7. The van der Waals surface area contributed by atoms with Crippen molar-refractivity contribution in [2.24, 2.45) is 23.5 Å². The number of phenolic OH excluding ortho intramolecular Hbond substituents is 2. The van der Waals surface area contributed by atoms with Crippen LogP contribution in [0.15, 0.2) is 170 Å². The molecule has 0 saturated carbocycles. The fraction of sp³-hybridized carbons (Fsp3) is 0.432. The van der Waals surface area contributed by atoms with E-state index in [2.05, 4.69) is 36.9 Å². The molecule has 33 nitrogen and oxygen atoms in total. The van der Waals surface area contributed by atoms with Gasteiger partial charge in [0.25, 0.3) is 0 Å². The molecule has 1 aromatic heterocycles. The van der Waals surface area contributed by atoms with Crippen LogP contribution in [0.25, 0.3) is 10.9 Å². The van der Waals surface area contributed by atoms with Gasteiger partial charge in [-0.15, -0.1) is 11.8 Å². The Morgan fingerprint density at radius 3 is 1.50 bits per heavy atom. The Bertz CT molecular complexity index is 5060. The fourth-order valence-electron chi connectivity index (χ4n) is 15.5. The first-order chi connectivity index (χ1) is 61.4. The summed E-state index contributed by atoms with van der Waals surface area (Å²) in [5.41, 5.74) is 9.14. The number of aromatic nitrogens is 1. The molecular formula is C95H119N13O20S. The molecule has 1 fully saturated rings. The standard InChI is InChI=1S/C95H119N13O20S/c1-10-11-31-78-94(127)104(5)53-68(112)48-64(50-86(118)119)82(114)51-70(58(4)109)91(124)107(8)79(46-60-25-17-13-18-26-60)90(123)102-75(45-63-34-38-67(111)39-35-63)92(125)105(6)54-84(116)98-74(49-65-52-97-71-30-22-21-29-69(65)71)89(122)101-73(43-62-32-36-66(110)37-33-62)88(121)100-72(42-57(2)3)87(120)103-77(81(113)40-41-83(96)115)55-129-56-85(117)99-76(44-59-23-15-12-16-24-59)93(126)108(9)80(95(128)106(78)7)47-61-27-19-14-20-28-61/h12-30,32-39,52,57-58,64,70,72-80,97,109-111H,10-11,31,40-51,53-56H2,1-9H3,(H2,96,115)(H,98,116)(H,99,117)(H,100,121)(H,101,122)(H,102,123)(H,103,120)(H,118,119)/t58-,64+,70+,72+,73+,74+,75+,76+,77+,78+,79+,80+/m1/s1. The van der Waals surface area contributed by atoms with Gasteiger partial charge < -0.3 is 87.5 Å². The number of carboxylic acids is 1. The predicted octanol–water partition coefficient (Wildman–Crippen LogP) is 4.47. The highest BCUT2D eigenvalue weighted by atomic mass is 32.2. The number of aliphatic hydroxyl groups excluding tert-OH is 1. The van der Waals surface area contributed by atoms with Crippen LogP contribution in [0.1, 0.15) is 119 Å². The maximum atomic E-state index is 15.5. The number of aromatic hydroxyl groups is 2. The lowest BCUT2D eigenvalue weighted by Gasteiger charge is -2.37. The van der Waals surface area contributed by atoms with Crippen molar-refractivity contribution in [1.29, 1.82) is 0 Å². The molecule has 8 rings (SSSR count). The van der Waals surface area contributed by atoms with Crippen LogP contribution in [0.5, 0.6) is 11.5 Å². The highest BCUT2D eigenvalue weighted by Gasteiger charge is 2.43. The summed E-state index contributed by atoms with van der Waals surface area (Å²) in [5.74, 6) is -19.1. The van der Waals surface area contributed by atoms with Gasteiger partial charge in [-0.25, -0.2) is 0 Å². The number of carboxylic acid groups (broad SMARTS) is 1. The smallest absolute Gasteiger partial charge is 0.304 e. The highest BCUT2D eigenvalue weighted by molar-refractivity contribution is 8.00. The molecule has 7 aromatic rings. The molecule has 1 aliphatic heterocycles. The van der Waals surface area contributed by atoms with Crippen LogP contribution in [-0.4, -0.2) is 264 Å². The van der Waals surface area contributed by atoms with Gasteiger partial charge in [0.1, 0.15) is 65.6 Å². The van der Waals surface area contributed by atoms with Crippen molar-refractivity contribution in [1.82, 2.24) is 61.4 Å². The Labute approximate surface area is 754 Å². The number of amides is 12. The first-order valence-corrected chi connectivity index (χ1v) is 44.2. The monoisotopic (exact) mass is 1790 g/mol. The molecule has 1 saturated heterocycles. The second-order valence-electron chi connectivity index (χ2n) is 33.4. The SMILES string of the molecule is CCCC[C@H]1C(=O)N(C)CC(=O)C[C@@H](CC(=O)O)C(=O)C[C@@H]([C@@H](C)O)C(=O)N(C)[C@@H](Cc2ccccc2)C(=O)N[C@@H](Cc2ccc(O)cc2)C(=O)N(C)CC(=O)N[C@@H](Cc2c[nH]c3ccccc23)C(=O)N[C@@H](Cc2ccc(O)cc2)C(=O)N[C@@H](CC(C)C)C(=O)N[C@H](C(=O)CCC(N)=O)CSCC(=O)N[C@@H](Cc2ccccc2)C(=O)N(C)[C@@H](Cc2ccccc2)C(=O)N1C. The number of aliphatic carboxylic acids is 1. The number of H-pyrrole nitrogens is 1. The van der Waals surface area contributed by atoms with Crippen LogP contribution in [0.4, 0.5) is 0 Å². The molecule has 2 heterocycles. The number of unbranched alkanes of at least 4 members (excludes halogenated alkanes) is 1. The first kappa shape index (κ1) is 101. The second-order valence-corrected chi connectivity index (χ2v) is 34.4. The molecule has 12 amide bonds. The van der Waals surface area contributed by atoms with E-state index < -0.39 is 217 Å². The minimum atomic E-state index is -1.71. The van der Waals surface area contributed by atoms with E-state index in [9.17, 15) is 58.8 Å². The van der Waals surface area contributed by atoms with Gasteiger partial charge in [0.15, 0.2) is 11.6 Å². The third-order valence-electron chi connectivity index (χ3n) is 22.8. The summed E-state index contributed by atoms with van der Waals surface area (Å²) >= 11 is 0.867. The van der Waals surface area contributed by atoms with E-state index in [1.54, 1.807) is 135 Å². The minimum absolute atomic E-state index is 0.0405. The number of thioether (sulfide) groups is 1. The number of hydrogen-bond acceptors (Lipinski definition) is 20. The molecule has 34 heteroatoms. The second kappa shape index (κ2) is 49.3. The van der Waals surface area contributed by atoms with Crippen LogP contribution in [0.3, 0.4) is 0 Å². The van der Waals surface area contributed by atoms with Crippen molar-refractivity contribution < 1.29 is 97.1 Å². The van der Waals surface area contributed by atoms with E-state index in [0.29, 0.717) is 57.1 Å². The number of fused-ring (bicyclic) bond motifs is 1. The van der Waals surface area contributed by atoms with E-state index in [-0.39, 0.29) is 74.5 Å². The Morgan fingerprint density at radius 1 is 0.481 bits per heavy atom. The number of benzene rings is 6. The number of para-hydroxylation sites is 1. The third-order valence-corrected chi connectivity index (χ3v) is 23.8. The number of nitrogens with two attached hydrogens (primary N) is 1. The molecule has 0 spiro atoms. The van der Waals surface area contributed by atoms with E-state index in [0.717, 1.165) is 26.5 Å².